The van der Waals surface area contributed by atoms with Crippen molar-refractivity contribution in [1.29, 1.82) is 0 Å². The molecular formula is C25H33N7O2. The van der Waals surface area contributed by atoms with Gasteiger partial charge in [-0.1, -0.05) is 19.8 Å². The smallest absolute Gasteiger partial charge is 0.227 e. The summed E-state index contributed by atoms with van der Waals surface area (Å²) in [5.74, 6) is 1.19. The summed E-state index contributed by atoms with van der Waals surface area (Å²) >= 11 is 0. The van der Waals surface area contributed by atoms with Crippen LogP contribution in [0, 0.1) is 5.41 Å². The average molecular weight is 464 g/mol. The Balaban J connectivity index is 1.27. The lowest BCUT2D eigenvalue weighted by atomic mass is 9.78. The maximum absolute atomic E-state index is 9.68. The summed E-state index contributed by atoms with van der Waals surface area (Å²) in [6.45, 7) is 6.01. The third-order valence-corrected chi connectivity index (χ3v) is 7.55. The van der Waals surface area contributed by atoms with E-state index in [9.17, 15) is 5.11 Å². The fraction of sp³-hybridized carbons (Fsp3) is 0.560. The van der Waals surface area contributed by atoms with Gasteiger partial charge >= 0.3 is 0 Å². The van der Waals surface area contributed by atoms with Crippen molar-refractivity contribution in [3.8, 4) is 0 Å². The van der Waals surface area contributed by atoms with Crippen LogP contribution in [0.1, 0.15) is 45.1 Å². The molecule has 1 unspecified atom stereocenters. The van der Waals surface area contributed by atoms with Crippen LogP contribution in [-0.4, -0.2) is 63.6 Å². The SMILES string of the molecule is CCC(CO)Nc1nc(Nc2ccc(N3CC4(COC4)C3)cc2)c2ncn(C3CCCC3)c2n1. The molecule has 4 heterocycles. The first-order valence-electron chi connectivity index (χ1n) is 12.5. The highest BCUT2D eigenvalue weighted by Gasteiger charge is 2.48. The molecule has 1 aliphatic carbocycles. The third kappa shape index (κ3) is 3.86. The van der Waals surface area contributed by atoms with Gasteiger partial charge in [-0.15, -0.1) is 0 Å². The van der Waals surface area contributed by atoms with E-state index in [-0.39, 0.29) is 12.6 Å². The molecule has 1 aromatic carbocycles. The van der Waals surface area contributed by atoms with Crippen LogP contribution < -0.4 is 15.5 Å². The molecule has 34 heavy (non-hydrogen) atoms. The van der Waals surface area contributed by atoms with E-state index in [0.29, 0.717) is 23.2 Å². The van der Waals surface area contributed by atoms with Gasteiger partial charge in [-0.2, -0.15) is 9.97 Å². The van der Waals surface area contributed by atoms with Crippen LogP contribution in [0.3, 0.4) is 0 Å². The minimum Gasteiger partial charge on any atom is -0.394 e. The second kappa shape index (κ2) is 8.70. The van der Waals surface area contributed by atoms with Crippen LogP contribution in [0.2, 0.25) is 0 Å². The van der Waals surface area contributed by atoms with Crippen molar-refractivity contribution in [2.24, 2.45) is 5.41 Å². The summed E-state index contributed by atoms with van der Waals surface area (Å²) in [5.41, 5.74) is 4.20. The first kappa shape index (κ1) is 21.6. The van der Waals surface area contributed by atoms with Crippen LogP contribution in [-0.2, 0) is 4.74 Å². The zero-order valence-corrected chi connectivity index (χ0v) is 19.7. The Labute approximate surface area is 199 Å². The van der Waals surface area contributed by atoms with Gasteiger partial charge in [0, 0.05) is 30.5 Å². The summed E-state index contributed by atoms with van der Waals surface area (Å²) in [7, 11) is 0. The predicted octanol–water partition coefficient (Wildman–Crippen LogP) is 3.70. The van der Waals surface area contributed by atoms with Gasteiger partial charge in [0.15, 0.2) is 17.0 Å². The molecule has 0 amide bonds. The molecule has 3 fully saturated rings. The van der Waals surface area contributed by atoms with Crippen molar-refractivity contribution in [2.45, 2.75) is 51.1 Å². The van der Waals surface area contributed by atoms with Gasteiger partial charge in [0.2, 0.25) is 5.95 Å². The summed E-state index contributed by atoms with van der Waals surface area (Å²) in [5, 5.41) is 16.4. The Morgan fingerprint density at radius 1 is 1.15 bits per heavy atom. The number of hydrogen-bond acceptors (Lipinski definition) is 8. The van der Waals surface area contributed by atoms with E-state index in [4.69, 9.17) is 19.7 Å². The molecular weight excluding hydrogens is 430 g/mol. The lowest BCUT2D eigenvalue weighted by molar-refractivity contribution is -0.127. The van der Waals surface area contributed by atoms with Crippen molar-refractivity contribution < 1.29 is 9.84 Å². The minimum atomic E-state index is -0.0895. The molecule has 0 radical (unpaired) electrons. The second-order valence-corrected chi connectivity index (χ2v) is 10.1. The van der Waals surface area contributed by atoms with Crippen LogP contribution in [0.5, 0.6) is 0 Å². The molecule has 180 valence electrons. The predicted molar refractivity (Wildman–Crippen MR) is 133 cm³/mol. The number of aromatic nitrogens is 4. The van der Waals surface area contributed by atoms with Gasteiger partial charge < -0.3 is 29.9 Å². The first-order chi connectivity index (χ1) is 16.7. The molecule has 0 bridgehead atoms. The number of imidazole rings is 1. The van der Waals surface area contributed by atoms with Crippen molar-refractivity contribution in [2.75, 3.05) is 48.4 Å². The van der Waals surface area contributed by atoms with E-state index in [1.165, 1.54) is 18.5 Å². The Morgan fingerprint density at radius 3 is 2.56 bits per heavy atom. The maximum Gasteiger partial charge on any atom is 0.227 e. The molecule has 1 atom stereocenters. The van der Waals surface area contributed by atoms with Crippen LogP contribution >= 0.6 is 0 Å². The number of nitrogens with zero attached hydrogens (tertiary/aromatic N) is 5. The molecule has 1 spiro atoms. The fourth-order valence-electron chi connectivity index (χ4n) is 5.39. The minimum absolute atomic E-state index is 0.0356. The van der Waals surface area contributed by atoms with Gasteiger partial charge in [0.05, 0.1) is 37.6 Å². The highest BCUT2D eigenvalue weighted by molar-refractivity contribution is 5.86. The van der Waals surface area contributed by atoms with Crippen LogP contribution in [0.15, 0.2) is 30.6 Å². The number of ether oxygens (including phenoxy) is 1. The number of aliphatic hydroxyl groups is 1. The van der Waals surface area contributed by atoms with Gasteiger partial charge in [-0.25, -0.2) is 4.98 Å². The lowest BCUT2D eigenvalue weighted by Crippen LogP contribution is -2.66. The number of aliphatic hydroxyl groups excluding tert-OH is 1. The topological polar surface area (TPSA) is 100 Å². The number of fused-ring (bicyclic) bond motifs is 1. The number of nitrogens with one attached hydrogen (secondary N) is 2. The standard InChI is InChI=1S/C25H33N7O2/c1-2-17(11-33)28-24-29-22(21-23(30-24)32(16-26-21)20-5-3-4-6-20)27-18-7-9-19(10-8-18)31-12-25(13-31)14-34-15-25/h7-10,16-17,20,33H,2-6,11-15H2,1H3,(H2,27,28,29,30). The number of anilines is 4. The molecule has 3 N–H and O–H groups in total. The van der Waals surface area contributed by atoms with Crippen molar-refractivity contribution in [3.05, 3.63) is 30.6 Å². The fourth-order valence-corrected chi connectivity index (χ4v) is 5.39. The van der Waals surface area contributed by atoms with Crippen molar-refractivity contribution >= 4 is 34.3 Å². The van der Waals surface area contributed by atoms with Crippen LogP contribution in [0.4, 0.5) is 23.1 Å². The zero-order valence-electron chi connectivity index (χ0n) is 19.7. The molecule has 3 aliphatic rings. The van der Waals surface area contributed by atoms with Crippen LogP contribution in [0.25, 0.3) is 11.2 Å². The highest BCUT2D eigenvalue weighted by atomic mass is 16.5. The third-order valence-electron chi connectivity index (χ3n) is 7.55. The molecule has 9 heteroatoms. The van der Waals surface area contributed by atoms with Gasteiger partial charge in [-0.3, -0.25) is 0 Å². The van der Waals surface area contributed by atoms with Gasteiger partial charge in [-0.05, 0) is 43.5 Å². The normalized spacial score (nSPS) is 20.4. The van der Waals surface area contributed by atoms with E-state index in [0.717, 1.165) is 62.4 Å². The molecule has 6 rings (SSSR count). The quantitative estimate of drug-likeness (QED) is 0.465. The van der Waals surface area contributed by atoms with E-state index < -0.39 is 0 Å². The Hall–Kier alpha value is -2.91. The summed E-state index contributed by atoms with van der Waals surface area (Å²) in [6.07, 6.45) is 7.48. The lowest BCUT2D eigenvalue weighted by Gasteiger charge is -2.56. The largest absolute Gasteiger partial charge is 0.394 e. The van der Waals surface area contributed by atoms with Crippen molar-refractivity contribution in [1.82, 2.24) is 19.5 Å². The highest BCUT2D eigenvalue weighted by Crippen LogP contribution is 2.40. The van der Waals surface area contributed by atoms with E-state index in [1.54, 1.807) is 0 Å². The second-order valence-electron chi connectivity index (χ2n) is 10.1. The van der Waals surface area contributed by atoms with E-state index in [2.05, 4.69) is 44.4 Å². The number of benzene rings is 1. The summed E-state index contributed by atoms with van der Waals surface area (Å²) < 4.78 is 7.59. The molecule has 9 nitrogen and oxygen atoms in total. The molecule has 3 aromatic rings. The average Bonchev–Trinajstić information content (AvgIpc) is 3.46. The van der Waals surface area contributed by atoms with Gasteiger partial charge in [0.25, 0.3) is 0 Å². The number of rotatable bonds is 8. The molecule has 2 aliphatic heterocycles. The van der Waals surface area contributed by atoms with E-state index >= 15 is 0 Å². The summed E-state index contributed by atoms with van der Waals surface area (Å²) in [4.78, 5) is 16.7. The zero-order chi connectivity index (χ0) is 23.1. The number of hydrogen-bond donors (Lipinski definition) is 3. The molecule has 2 aromatic heterocycles. The van der Waals surface area contributed by atoms with E-state index in [1.807, 2.05) is 13.3 Å². The molecule has 1 saturated carbocycles. The summed E-state index contributed by atoms with van der Waals surface area (Å²) in [6, 6.07) is 8.84. The Morgan fingerprint density at radius 2 is 1.91 bits per heavy atom. The Kier molecular flexibility index (Phi) is 5.53. The monoisotopic (exact) mass is 463 g/mol. The van der Waals surface area contributed by atoms with Gasteiger partial charge in [0.1, 0.15) is 0 Å². The molecule has 2 saturated heterocycles. The first-order valence-corrected chi connectivity index (χ1v) is 12.5. The Bertz CT molecular complexity index is 1140. The maximum atomic E-state index is 9.68. The van der Waals surface area contributed by atoms with Crippen molar-refractivity contribution in [3.63, 3.8) is 0 Å².